The number of fused-ring (bicyclic) bond motifs is 1. The quantitative estimate of drug-likeness (QED) is 0.800. The van der Waals surface area contributed by atoms with Crippen LogP contribution in [0.4, 0.5) is 0 Å². The van der Waals surface area contributed by atoms with Crippen molar-refractivity contribution in [3.63, 3.8) is 0 Å². The van der Waals surface area contributed by atoms with Crippen LogP contribution in [0.2, 0.25) is 0 Å². The first kappa shape index (κ1) is 19.8. The van der Waals surface area contributed by atoms with Crippen LogP contribution in [-0.4, -0.2) is 53.4 Å². The molecule has 3 rings (SSSR count). The molecule has 0 saturated carbocycles. The fourth-order valence-corrected chi connectivity index (χ4v) is 3.52. The molecule has 1 aliphatic heterocycles. The van der Waals surface area contributed by atoms with Crippen molar-refractivity contribution in [1.29, 1.82) is 0 Å². The number of nitrogens with one attached hydrogen (secondary N) is 1. The van der Waals surface area contributed by atoms with E-state index in [9.17, 15) is 14.4 Å². The van der Waals surface area contributed by atoms with Gasteiger partial charge in [0.15, 0.2) is 0 Å². The summed E-state index contributed by atoms with van der Waals surface area (Å²) in [6.07, 6.45) is 2.82. The van der Waals surface area contributed by atoms with Crippen molar-refractivity contribution in [2.24, 2.45) is 5.92 Å². The molecule has 2 amide bonds. The van der Waals surface area contributed by atoms with E-state index in [1.54, 1.807) is 6.07 Å². The minimum absolute atomic E-state index is 0.135. The fourth-order valence-electron chi connectivity index (χ4n) is 3.52. The van der Waals surface area contributed by atoms with Gasteiger partial charge in [0.2, 0.25) is 5.91 Å². The molecule has 0 aliphatic carbocycles. The predicted molar refractivity (Wildman–Crippen MR) is 105 cm³/mol. The summed E-state index contributed by atoms with van der Waals surface area (Å²) in [4.78, 5) is 43.7. The number of amides is 2. The summed E-state index contributed by atoms with van der Waals surface area (Å²) < 4.78 is 4.82. The van der Waals surface area contributed by atoms with Gasteiger partial charge in [-0.15, -0.1) is 0 Å². The molecule has 2 atom stereocenters. The lowest BCUT2D eigenvalue weighted by atomic mass is 10.0. The van der Waals surface area contributed by atoms with Crippen molar-refractivity contribution < 1.29 is 19.1 Å². The molecular weight excluding hydrogens is 358 g/mol. The van der Waals surface area contributed by atoms with Crippen LogP contribution in [0.1, 0.15) is 37.0 Å². The Kier molecular flexibility index (Phi) is 5.92. The molecule has 1 saturated heterocycles. The molecule has 1 aliphatic rings. The Bertz CT molecular complexity index is 896. The molecule has 0 bridgehead atoms. The second-order valence-electron chi connectivity index (χ2n) is 7.32. The van der Waals surface area contributed by atoms with Gasteiger partial charge in [-0.25, -0.2) is 4.79 Å². The molecule has 0 radical (unpaired) electrons. The second-order valence-corrected chi connectivity index (χ2v) is 7.32. The lowest BCUT2D eigenvalue weighted by Gasteiger charge is -2.29. The third-order valence-electron chi connectivity index (χ3n) is 5.08. The Morgan fingerprint density at radius 2 is 2.00 bits per heavy atom. The van der Waals surface area contributed by atoms with E-state index in [0.29, 0.717) is 18.5 Å². The average molecular weight is 383 g/mol. The van der Waals surface area contributed by atoms with Gasteiger partial charge in [-0.05, 0) is 30.9 Å². The van der Waals surface area contributed by atoms with Crippen molar-refractivity contribution in [3.05, 3.63) is 42.1 Å². The van der Waals surface area contributed by atoms with E-state index in [-0.39, 0.29) is 17.7 Å². The van der Waals surface area contributed by atoms with Crippen LogP contribution in [0.5, 0.6) is 0 Å². The van der Waals surface area contributed by atoms with Gasteiger partial charge in [0.25, 0.3) is 5.91 Å². The van der Waals surface area contributed by atoms with Gasteiger partial charge in [-0.1, -0.05) is 32.0 Å². The molecule has 2 heterocycles. The van der Waals surface area contributed by atoms with Gasteiger partial charge < -0.3 is 15.0 Å². The molecule has 1 aromatic heterocycles. The Morgan fingerprint density at radius 1 is 1.25 bits per heavy atom. The predicted octanol–water partition coefficient (Wildman–Crippen LogP) is 2.15. The Morgan fingerprint density at radius 3 is 2.71 bits per heavy atom. The number of aromatic nitrogens is 1. The van der Waals surface area contributed by atoms with E-state index in [2.05, 4.69) is 10.3 Å². The summed E-state index contributed by atoms with van der Waals surface area (Å²) in [5.41, 5.74) is 1.19. The number of nitrogens with zero attached hydrogens (tertiary/aromatic N) is 2. The van der Waals surface area contributed by atoms with Gasteiger partial charge in [-0.2, -0.15) is 0 Å². The molecule has 7 nitrogen and oxygen atoms in total. The zero-order valence-corrected chi connectivity index (χ0v) is 16.3. The number of pyridine rings is 1. The number of ether oxygens (including phenoxy) is 1. The summed E-state index contributed by atoms with van der Waals surface area (Å²) in [6, 6.07) is 7.96. The highest BCUT2D eigenvalue weighted by Crippen LogP contribution is 2.21. The van der Waals surface area contributed by atoms with E-state index < -0.39 is 18.1 Å². The first-order valence-electron chi connectivity index (χ1n) is 9.46. The van der Waals surface area contributed by atoms with Crippen LogP contribution < -0.4 is 5.32 Å². The van der Waals surface area contributed by atoms with Crippen LogP contribution >= 0.6 is 0 Å². The molecule has 1 aromatic carbocycles. The Balaban J connectivity index is 1.79. The number of carbonyl (C=O) groups is 3. The molecule has 2 aromatic rings. The number of carbonyl (C=O) groups excluding carboxylic acids is 3. The fraction of sp³-hybridized carbons (Fsp3) is 0.429. The molecule has 28 heavy (non-hydrogen) atoms. The van der Waals surface area contributed by atoms with Crippen LogP contribution in [0.15, 0.2) is 36.5 Å². The van der Waals surface area contributed by atoms with Gasteiger partial charge in [0, 0.05) is 18.1 Å². The number of para-hydroxylation sites is 1. The van der Waals surface area contributed by atoms with E-state index in [1.807, 2.05) is 38.1 Å². The van der Waals surface area contributed by atoms with E-state index in [1.165, 1.54) is 18.2 Å². The third kappa shape index (κ3) is 3.98. The smallest absolute Gasteiger partial charge is 0.328 e. The lowest BCUT2D eigenvalue weighted by molar-refractivity contribution is -0.151. The third-order valence-corrected chi connectivity index (χ3v) is 5.08. The summed E-state index contributed by atoms with van der Waals surface area (Å²) in [7, 11) is 1.32. The number of esters is 1. The highest BCUT2D eigenvalue weighted by molar-refractivity contribution is 6.00. The molecular formula is C21H25N3O4. The molecule has 0 unspecified atom stereocenters. The summed E-state index contributed by atoms with van der Waals surface area (Å²) in [5.74, 6) is -1.17. The van der Waals surface area contributed by atoms with Gasteiger partial charge in [-0.3, -0.25) is 14.6 Å². The summed E-state index contributed by atoms with van der Waals surface area (Å²) in [6.45, 7) is 4.21. The monoisotopic (exact) mass is 383 g/mol. The topological polar surface area (TPSA) is 88.6 Å². The average Bonchev–Trinajstić information content (AvgIpc) is 3.20. The minimum Gasteiger partial charge on any atom is -0.467 e. The number of hydrogen-bond acceptors (Lipinski definition) is 5. The van der Waals surface area contributed by atoms with Crippen LogP contribution in [0.25, 0.3) is 10.9 Å². The normalized spacial score (nSPS) is 17.6. The van der Waals surface area contributed by atoms with Crippen molar-refractivity contribution in [2.45, 2.75) is 38.8 Å². The zero-order valence-electron chi connectivity index (χ0n) is 16.3. The zero-order chi connectivity index (χ0) is 20.3. The largest absolute Gasteiger partial charge is 0.467 e. The van der Waals surface area contributed by atoms with Crippen molar-refractivity contribution in [2.75, 3.05) is 13.7 Å². The van der Waals surface area contributed by atoms with Crippen molar-refractivity contribution >= 4 is 28.7 Å². The highest BCUT2D eigenvalue weighted by Gasteiger charge is 2.39. The molecule has 0 spiro atoms. The molecule has 7 heteroatoms. The molecule has 1 fully saturated rings. The number of likely N-dealkylation sites (tertiary alicyclic amines) is 1. The van der Waals surface area contributed by atoms with Crippen molar-refractivity contribution in [1.82, 2.24) is 15.2 Å². The Labute approximate surface area is 164 Å². The summed E-state index contributed by atoms with van der Waals surface area (Å²) in [5, 5.41) is 3.68. The first-order valence-corrected chi connectivity index (χ1v) is 9.46. The van der Waals surface area contributed by atoms with E-state index in [0.717, 1.165) is 17.3 Å². The molecule has 1 N–H and O–H groups in total. The van der Waals surface area contributed by atoms with E-state index in [4.69, 9.17) is 4.74 Å². The summed E-state index contributed by atoms with van der Waals surface area (Å²) >= 11 is 0. The van der Waals surface area contributed by atoms with E-state index >= 15 is 0 Å². The van der Waals surface area contributed by atoms with Crippen LogP contribution in [0, 0.1) is 5.92 Å². The second kappa shape index (κ2) is 8.37. The van der Waals surface area contributed by atoms with Gasteiger partial charge >= 0.3 is 5.97 Å². The maximum Gasteiger partial charge on any atom is 0.328 e. The van der Waals surface area contributed by atoms with Crippen LogP contribution in [-0.2, 0) is 14.3 Å². The molecule has 148 valence electrons. The van der Waals surface area contributed by atoms with Crippen LogP contribution in [0.3, 0.4) is 0 Å². The van der Waals surface area contributed by atoms with Gasteiger partial charge in [0.05, 0.1) is 18.2 Å². The number of hydrogen-bond donors (Lipinski definition) is 1. The Hall–Kier alpha value is -2.96. The number of rotatable bonds is 5. The minimum atomic E-state index is -0.732. The SMILES string of the molecule is COC(=O)[C@@H]1CCCN1C(=O)[C@@H](NC(=O)c1cnc2ccccc2c1)C(C)C. The number of methoxy groups -OCH3 is 1. The standard InChI is InChI=1S/C21H25N3O4/c1-13(2)18(20(26)24-10-6-9-17(24)21(27)28-3)23-19(25)15-11-14-7-4-5-8-16(14)22-12-15/h4-5,7-8,11-13,17-18H,6,9-10H2,1-3H3,(H,23,25)/t17-,18-/m0/s1. The lowest BCUT2D eigenvalue weighted by Crippen LogP contribution is -2.54. The van der Waals surface area contributed by atoms with Crippen molar-refractivity contribution in [3.8, 4) is 0 Å². The van der Waals surface area contributed by atoms with Gasteiger partial charge in [0.1, 0.15) is 12.1 Å². The maximum atomic E-state index is 13.1. The first-order chi connectivity index (χ1) is 13.4. The number of benzene rings is 1. The maximum absolute atomic E-state index is 13.1. The highest BCUT2D eigenvalue weighted by atomic mass is 16.5.